The number of anilines is 2. The first-order chi connectivity index (χ1) is 10.0. The van der Waals surface area contributed by atoms with Gasteiger partial charge in [0, 0.05) is 17.8 Å². The van der Waals surface area contributed by atoms with Crippen LogP contribution in [0, 0.1) is 0 Å². The molecule has 0 aromatic heterocycles. The molecule has 0 saturated heterocycles. The van der Waals surface area contributed by atoms with Crippen LogP contribution in [0.25, 0.3) is 0 Å². The van der Waals surface area contributed by atoms with Crippen LogP contribution in [0.3, 0.4) is 0 Å². The molecule has 1 aromatic carbocycles. The fraction of sp³-hybridized carbons (Fsp3) is 0.500. The Morgan fingerprint density at radius 2 is 1.57 bits per heavy atom. The highest BCUT2D eigenvalue weighted by molar-refractivity contribution is 5.98. The molecule has 0 heterocycles. The predicted molar refractivity (Wildman–Crippen MR) is 84.0 cm³/mol. The van der Waals surface area contributed by atoms with Gasteiger partial charge in [-0.3, -0.25) is 9.59 Å². The molecule has 0 radical (unpaired) electrons. The van der Waals surface area contributed by atoms with Crippen LogP contribution < -0.4 is 16.4 Å². The standard InChI is InChI=1S/C16H23N3O2/c1-2-14(20)18-12-6-8-13(9-7-12)19-15(21)16(17)10-4-3-5-11-16/h6-9H,2-5,10-11,17H2,1H3,(H,18,20)(H,19,21). The molecule has 2 amide bonds. The summed E-state index contributed by atoms with van der Waals surface area (Å²) < 4.78 is 0. The minimum atomic E-state index is -0.743. The quantitative estimate of drug-likeness (QED) is 0.796. The summed E-state index contributed by atoms with van der Waals surface area (Å²) in [5.41, 5.74) is 6.87. The van der Waals surface area contributed by atoms with Crippen LogP contribution in [0.15, 0.2) is 24.3 Å². The Bertz CT molecular complexity index is 505. The van der Waals surface area contributed by atoms with E-state index in [0.717, 1.165) is 37.8 Å². The van der Waals surface area contributed by atoms with Crippen LogP contribution in [0.1, 0.15) is 45.4 Å². The van der Waals surface area contributed by atoms with E-state index in [-0.39, 0.29) is 11.8 Å². The minimum absolute atomic E-state index is 0.0325. The molecule has 4 N–H and O–H groups in total. The molecule has 1 saturated carbocycles. The van der Waals surface area contributed by atoms with Crippen molar-refractivity contribution < 1.29 is 9.59 Å². The summed E-state index contributed by atoms with van der Waals surface area (Å²) in [4.78, 5) is 23.6. The molecule has 2 rings (SSSR count). The monoisotopic (exact) mass is 289 g/mol. The lowest BCUT2D eigenvalue weighted by Crippen LogP contribution is -2.52. The second-order valence-corrected chi connectivity index (χ2v) is 5.65. The number of hydrogen-bond donors (Lipinski definition) is 3. The maximum atomic E-state index is 12.3. The SMILES string of the molecule is CCC(=O)Nc1ccc(NC(=O)C2(N)CCCCC2)cc1. The van der Waals surface area contributed by atoms with Crippen molar-refractivity contribution in [2.75, 3.05) is 10.6 Å². The fourth-order valence-electron chi connectivity index (χ4n) is 2.55. The molecule has 1 fully saturated rings. The first-order valence-corrected chi connectivity index (χ1v) is 7.54. The van der Waals surface area contributed by atoms with Crippen molar-refractivity contribution in [3.05, 3.63) is 24.3 Å². The number of nitrogens with two attached hydrogens (primary N) is 1. The fourth-order valence-corrected chi connectivity index (χ4v) is 2.55. The van der Waals surface area contributed by atoms with E-state index in [9.17, 15) is 9.59 Å². The van der Waals surface area contributed by atoms with E-state index >= 15 is 0 Å². The van der Waals surface area contributed by atoms with Gasteiger partial charge in [0.15, 0.2) is 0 Å². The minimum Gasteiger partial charge on any atom is -0.326 e. The Morgan fingerprint density at radius 1 is 1.05 bits per heavy atom. The van der Waals surface area contributed by atoms with E-state index in [4.69, 9.17) is 5.73 Å². The largest absolute Gasteiger partial charge is 0.326 e. The Hall–Kier alpha value is -1.88. The number of nitrogens with one attached hydrogen (secondary N) is 2. The van der Waals surface area contributed by atoms with Crippen molar-refractivity contribution in [1.29, 1.82) is 0 Å². The average Bonchev–Trinajstić information content (AvgIpc) is 2.50. The number of rotatable bonds is 4. The van der Waals surface area contributed by atoms with Crippen molar-refractivity contribution in [3.63, 3.8) is 0 Å². The second-order valence-electron chi connectivity index (χ2n) is 5.65. The molecule has 114 valence electrons. The maximum Gasteiger partial charge on any atom is 0.244 e. The molecule has 1 aliphatic rings. The number of hydrogen-bond acceptors (Lipinski definition) is 3. The summed E-state index contributed by atoms with van der Waals surface area (Å²) in [5.74, 6) is -0.151. The number of carbonyl (C=O) groups is 2. The lowest BCUT2D eigenvalue weighted by atomic mass is 9.82. The van der Waals surface area contributed by atoms with Gasteiger partial charge in [-0.05, 0) is 37.1 Å². The molecular weight excluding hydrogens is 266 g/mol. The molecule has 1 aromatic rings. The van der Waals surface area contributed by atoms with Gasteiger partial charge in [0.1, 0.15) is 0 Å². The van der Waals surface area contributed by atoms with E-state index in [1.54, 1.807) is 31.2 Å². The van der Waals surface area contributed by atoms with E-state index in [1.807, 2.05) is 0 Å². The predicted octanol–water partition coefficient (Wildman–Crippen LogP) is 2.64. The molecule has 0 spiro atoms. The van der Waals surface area contributed by atoms with Gasteiger partial charge in [0.2, 0.25) is 11.8 Å². The Kier molecular flexibility index (Phi) is 4.96. The number of amides is 2. The summed E-state index contributed by atoms with van der Waals surface area (Å²) in [6.07, 6.45) is 5.08. The zero-order valence-electron chi connectivity index (χ0n) is 12.4. The van der Waals surface area contributed by atoms with Crippen molar-refractivity contribution >= 4 is 23.2 Å². The number of benzene rings is 1. The van der Waals surface area contributed by atoms with Crippen molar-refractivity contribution in [2.24, 2.45) is 5.73 Å². The zero-order valence-corrected chi connectivity index (χ0v) is 12.4. The summed E-state index contributed by atoms with van der Waals surface area (Å²) in [7, 11) is 0. The van der Waals surface area contributed by atoms with Crippen LogP contribution in [0.5, 0.6) is 0 Å². The highest BCUT2D eigenvalue weighted by atomic mass is 16.2. The molecule has 5 nitrogen and oxygen atoms in total. The van der Waals surface area contributed by atoms with Gasteiger partial charge in [-0.15, -0.1) is 0 Å². The Morgan fingerprint density at radius 3 is 2.10 bits per heavy atom. The van der Waals surface area contributed by atoms with Gasteiger partial charge in [0.05, 0.1) is 5.54 Å². The second kappa shape index (κ2) is 6.72. The lowest BCUT2D eigenvalue weighted by Gasteiger charge is -2.31. The van der Waals surface area contributed by atoms with Crippen LogP contribution in [-0.2, 0) is 9.59 Å². The third-order valence-corrected chi connectivity index (χ3v) is 3.95. The highest BCUT2D eigenvalue weighted by Crippen LogP contribution is 2.27. The van der Waals surface area contributed by atoms with Gasteiger partial charge in [0.25, 0.3) is 0 Å². The van der Waals surface area contributed by atoms with Gasteiger partial charge < -0.3 is 16.4 Å². The molecular formula is C16H23N3O2. The molecule has 1 aliphatic carbocycles. The van der Waals surface area contributed by atoms with Crippen LogP contribution >= 0.6 is 0 Å². The Labute approximate surface area is 125 Å². The molecule has 0 unspecified atom stereocenters. The normalized spacial score (nSPS) is 17.0. The summed E-state index contributed by atoms with van der Waals surface area (Å²) in [6, 6.07) is 7.09. The van der Waals surface area contributed by atoms with Crippen LogP contribution in [0.2, 0.25) is 0 Å². The van der Waals surface area contributed by atoms with Gasteiger partial charge in [-0.25, -0.2) is 0 Å². The van der Waals surface area contributed by atoms with Crippen molar-refractivity contribution in [2.45, 2.75) is 51.0 Å². The van der Waals surface area contributed by atoms with Crippen molar-refractivity contribution in [3.8, 4) is 0 Å². The van der Waals surface area contributed by atoms with Crippen LogP contribution in [0.4, 0.5) is 11.4 Å². The van der Waals surface area contributed by atoms with E-state index in [0.29, 0.717) is 12.1 Å². The van der Waals surface area contributed by atoms with Gasteiger partial charge in [-0.2, -0.15) is 0 Å². The third kappa shape index (κ3) is 4.04. The summed E-state index contributed by atoms with van der Waals surface area (Å²) >= 11 is 0. The smallest absolute Gasteiger partial charge is 0.244 e. The summed E-state index contributed by atoms with van der Waals surface area (Å²) in [6.45, 7) is 1.80. The highest BCUT2D eigenvalue weighted by Gasteiger charge is 2.35. The van der Waals surface area contributed by atoms with Crippen LogP contribution in [-0.4, -0.2) is 17.4 Å². The van der Waals surface area contributed by atoms with Gasteiger partial charge in [-0.1, -0.05) is 26.2 Å². The molecule has 0 aliphatic heterocycles. The van der Waals surface area contributed by atoms with Crippen molar-refractivity contribution in [1.82, 2.24) is 0 Å². The first-order valence-electron chi connectivity index (χ1n) is 7.54. The molecule has 0 bridgehead atoms. The lowest BCUT2D eigenvalue weighted by molar-refractivity contribution is -0.122. The Balaban J connectivity index is 1.96. The third-order valence-electron chi connectivity index (χ3n) is 3.95. The van der Waals surface area contributed by atoms with E-state index in [1.165, 1.54) is 0 Å². The molecule has 21 heavy (non-hydrogen) atoms. The van der Waals surface area contributed by atoms with Gasteiger partial charge >= 0.3 is 0 Å². The maximum absolute atomic E-state index is 12.3. The summed E-state index contributed by atoms with van der Waals surface area (Å²) in [5, 5.41) is 5.64. The van der Waals surface area contributed by atoms with E-state index in [2.05, 4.69) is 10.6 Å². The first kappa shape index (κ1) is 15.5. The zero-order chi connectivity index (χ0) is 15.3. The molecule has 0 atom stereocenters. The van der Waals surface area contributed by atoms with E-state index < -0.39 is 5.54 Å². The average molecular weight is 289 g/mol. The topological polar surface area (TPSA) is 84.2 Å². The number of carbonyl (C=O) groups excluding carboxylic acids is 2. The molecule has 5 heteroatoms.